The Morgan fingerprint density at radius 2 is 1.80 bits per heavy atom. The third kappa shape index (κ3) is 2.45. The molecule has 0 bridgehead atoms. The van der Waals surface area contributed by atoms with Crippen LogP contribution in [0.15, 0.2) is 24.3 Å². The van der Waals surface area contributed by atoms with Gasteiger partial charge in [0.2, 0.25) is 0 Å². The van der Waals surface area contributed by atoms with Gasteiger partial charge in [-0.15, -0.1) is 0 Å². The maximum Gasteiger partial charge on any atom is 0.116 e. The van der Waals surface area contributed by atoms with Crippen LogP contribution in [0.3, 0.4) is 0 Å². The zero-order valence-electron chi connectivity index (χ0n) is 7.89. The maximum atomic E-state index is 10.1. The van der Waals surface area contributed by atoms with E-state index in [9.17, 15) is 5.11 Å². The van der Waals surface area contributed by atoms with E-state index >= 15 is 0 Å². The molecule has 0 amide bonds. The average Bonchev–Trinajstić information content (AvgIpc) is 2.14. The summed E-state index contributed by atoms with van der Waals surface area (Å²) in [5, 5.41) is 26.2. The van der Waals surface area contributed by atoms with E-state index in [1.807, 2.05) is 4.67 Å². The van der Waals surface area contributed by atoms with E-state index in [1.54, 1.807) is 24.3 Å². The van der Waals surface area contributed by atoms with Crippen molar-refractivity contribution < 1.29 is 30.6 Å². The van der Waals surface area contributed by atoms with Crippen LogP contribution in [0.1, 0.15) is 5.56 Å². The number of aromatic hydroxyl groups is 1. The molecule has 0 atom stereocenters. The molecule has 0 unspecified atom stereocenters. The van der Waals surface area contributed by atoms with E-state index in [-0.39, 0.29) is 26.2 Å². The first-order valence-electron chi connectivity index (χ1n) is 4.28. The van der Waals surface area contributed by atoms with Crippen LogP contribution < -0.4 is 0 Å². The zero-order chi connectivity index (χ0) is 10.2. The summed E-state index contributed by atoms with van der Waals surface area (Å²) in [6.45, 7) is 0.978. The van der Waals surface area contributed by atoms with Crippen molar-refractivity contribution in [3.05, 3.63) is 29.8 Å². The average molecular weight is 396 g/mol. The van der Waals surface area contributed by atoms with Crippen LogP contribution in [0.2, 0.25) is 0 Å². The fraction of sp³-hybridized carbons (Fsp3) is 0.333. The van der Waals surface area contributed by atoms with E-state index in [0.29, 0.717) is 21.6 Å². The predicted molar refractivity (Wildman–Crippen MR) is 53.2 cm³/mol. The number of aliphatic hydroxyl groups is 1. The largest absolute Gasteiger partial charge is 0.508 e. The van der Waals surface area contributed by atoms with Gasteiger partial charge in [-0.3, -0.25) is 5.16 Å². The van der Waals surface area contributed by atoms with Gasteiger partial charge in [0.15, 0.2) is 0 Å². The molecular weight excluding hydrogens is 385 g/mol. The Labute approximate surface area is 103 Å². The summed E-state index contributed by atoms with van der Waals surface area (Å²) in [6.07, 6.45) is 0. The SMILES string of the molecule is N=PN1CC(O)(c2ccc(O)cc2)C1.[Re]. The molecule has 1 radical (unpaired) electrons. The van der Waals surface area contributed by atoms with Crippen LogP contribution in [0.4, 0.5) is 0 Å². The molecule has 4 nitrogen and oxygen atoms in total. The number of nitrogens with one attached hydrogen (secondary N) is 1. The first-order chi connectivity index (χ1) is 6.64. The van der Waals surface area contributed by atoms with Gasteiger partial charge >= 0.3 is 0 Å². The number of phenols is 1. The molecule has 0 spiro atoms. The number of hydrogen-bond donors (Lipinski definition) is 3. The van der Waals surface area contributed by atoms with Crippen LogP contribution in [-0.4, -0.2) is 28.0 Å². The molecule has 3 N–H and O–H groups in total. The molecule has 1 aromatic rings. The Kier molecular flexibility index (Phi) is 4.00. The normalized spacial score (nSPS) is 19.3. The predicted octanol–water partition coefficient (Wildman–Crippen LogP) is 1.52. The van der Waals surface area contributed by atoms with Gasteiger partial charge in [-0.2, -0.15) is 0 Å². The van der Waals surface area contributed by atoms with Crippen molar-refractivity contribution in [2.45, 2.75) is 5.60 Å². The van der Waals surface area contributed by atoms with Gasteiger partial charge in [-0.25, -0.2) is 4.67 Å². The summed E-state index contributed by atoms with van der Waals surface area (Å²) < 4.78 is 1.81. The second kappa shape index (κ2) is 4.69. The summed E-state index contributed by atoms with van der Waals surface area (Å²) in [4.78, 5) is 0. The van der Waals surface area contributed by atoms with Crippen molar-refractivity contribution in [3.63, 3.8) is 0 Å². The van der Waals surface area contributed by atoms with Gasteiger partial charge in [0, 0.05) is 33.5 Å². The van der Waals surface area contributed by atoms with Gasteiger partial charge in [-0.05, 0) is 17.7 Å². The van der Waals surface area contributed by atoms with Crippen molar-refractivity contribution >= 4 is 8.52 Å². The summed E-state index contributed by atoms with van der Waals surface area (Å²) >= 11 is 0. The molecule has 6 heteroatoms. The Bertz CT molecular complexity index is 352. The summed E-state index contributed by atoms with van der Waals surface area (Å²) in [6, 6.07) is 6.56. The third-order valence-corrected chi connectivity index (χ3v) is 3.00. The fourth-order valence-electron chi connectivity index (χ4n) is 1.58. The monoisotopic (exact) mass is 397 g/mol. The van der Waals surface area contributed by atoms with Gasteiger partial charge < -0.3 is 10.2 Å². The van der Waals surface area contributed by atoms with Crippen molar-refractivity contribution in [3.8, 4) is 5.75 Å². The minimum absolute atomic E-state index is 0. The quantitative estimate of drug-likeness (QED) is 0.664. The first kappa shape index (κ1) is 12.8. The smallest absolute Gasteiger partial charge is 0.116 e. The molecule has 0 saturated carbocycles. The Morgan fingerprint density at radius 3 is 2.27 bits per heavy atom. The first-order valence-corrected chi connectivity index (χ1v) is 5.13. The fourth-order valence-corrected chi connectivity index (χ4v) is 2.19. The van der Waals surface area contributed by atoms with E-state index in [2.05, 4.69) is 0 Å². The number of benzene rings is 1. The van der Waals surface area contributed by atoms with E-state index in [1.165, 1.54) is 0 Å². The Balaban J connectivity index is 0.00000112. The molecule has 1 fully saturated rings. The molecule has 15 heavy (non-hydrogen) atoms. The summed E-state index contributed by atoms with van der Waals surface area (Å²) in [5.74, 6) is 0.201. The standard InChI is InChI=1S/C9H11N2O2P.Re/c10-14-11-5-9(13,6-11)7-1-3-8(12)4-2-7;/h1-4,10,12-13H,5-6H2;. The maximum absolute atomic E-state index is 10.1. The molecule has 2 rings (SSSR count). The third-order valence-electron chi connectivity index (χ3n) is 2.43. The van der Waals surface area contributed by atoms with Crippen LogP contribution in [-0.2, 0) is 26.0 Å². The Morgan fingerprint density at radius 1 is 1.27 bits per heavy atom. The van der Waals surface area contributed by atoms with Gasteiger partial charge in [0.05, 0.1) is 8.52 Å². The van der Waals surface area contributed by atoms with E-state index in [0.717, 1.165) is 5.56 Å². The molecule has 1 saturated heterocycles. The molecule has 1 heterocycles. The second-order valence-corrected chi connectivity index (χ2v) is 4.27. The molecule has 0 aliphatic carbocycles. The minimum Gasteiger partial charge on any atom is -0.508 e. The van der Waals surface area contributed by atoms with Gasteiger partial charge in [-0.1, -0.05) is 12.1 Å². The van der Waals surface area contributed by atoms with Crippen molar-refractivity contribution in [1.29, 1.82) is 5.16 Å². The van der Waals surface area contributed by atoms with Crippen molar-refractivity contribution in [2.24, 2.45) is 0 Å². The number of nitrogens with zero attached hydrogens (tertiary/aromatic N) is 1. The Hall–Kier alpha value is -0.298. The van der Waals surface area contributed by atoms with Crippen LogP contribution in [0, 0.1) is 5.16 Å². The molecule has 1 aromatic carbocycles. The van der Waals surface area contributed by atoms with Gasteiger partial charge in [0.1, 0.15) is 11.4 Å². The van der Waals surface area contributed by atoms with E-state index in [4.69, 9.17) is 10.3 Å². The van der Waals surface area contributed by atoms with Crippen molar-refractivity contribution in [2.75, 3.05) is 13.1 Å². The molecule has 0 aromatic heterocycles. The number of hydrogen-bond acceptors (Lipinski definition) is 3. The molecule has 81 valence electrons. The second-order valence-electron chi connectivity index (χ2n) is 3.50. The van der Waals surface area contributed by atoms with Crippen LogP contribution >= 0.6 is 8.52 Å². The summed E-state index contributed by atoms with van der Waals surface area (Å²) in [5.41, 5.74) is -0.0305. The molecule has 1 aliphatic rings. The number of rotatable bonds is 2. The van der Waals surface area contributed by atoms with Gasteiger partial charge in [0.25, 0.3) is 0 Å². The summed E-state index contributed by atoms with van der Waals surface area (Å²) in [7, 11) is 0.444. The molecular formula is C9H11N2O2PRe. The van der Waals surface area contributed by atoms with Crippen LogP contribution in [0.25, 0.3) is 0 Å². The zero-order valence-corrected chi connectivity index (χ0v) is 11.5. The van der Waals surface area contributed by atoms with Crippen LogP contribution in [0.5, 0.6) is 5.75 Å². The minimum atomic E-state index is -0.832. The van der Waals surface area contributed by atoms with Crippen molar-refractivity contribution in [1.82, 2.24) is 4.67 Å². The van der Waals surface area contributed by atoms with E-state index < -0.39 is 5.60 Å². The molecule has 1 aliphatic heterocycles. The number of β-amino-alcohol motifs (C(OH)–C–C–N with tert-alkyl or cyclic N) is 1. The topological polar surface area (TPSA) is 67.6 Å². The number of phenolic OH excluding ortho intramolecular Hbond substituents is 1.